The third-order valence-electron chi connectivity index (χ3n) is 4.56. The lowest BCUT2D eigenvalue weighted by Crippen LogP contribution is -2.41. The van der Waals surface area contributed by atoms with Gasteiger partial charge < -0.3 is 20.4 Å². The van der Waals surface area contributed by atoms with E-state index in [-0.39, 0.29) is 12.1 Å². The normalized spacial score (nSPS) is 16.8. The number of nitrogens with two attached hydrogens (primary N) is 1. The SMILES string of the molecule is COc1ccc(-n2nc(C(=O)N3CCC[C@H]3N)cc2-c2cc[nH]c2)cn1. The van der Waals surface area contributed by atoms with E-state index >= 15 is 0 Å². The molecular formula is C18H20N6O2. The zero-order valence-corrected chi connectivity index (χ0v) is 14.4. The van der Waals surface area contributed by atoms with Gasteiger partial charge in [0.05, 0.1) is 30.9 Å². The first kappa shape index (κ1) is 16.3. The molecule has 1 fully saturated rings. The van der Waals surface area contributed by atoms with Gasteiger partial charge in [0.25, 0.3) is 5.91 Å². The van der Waals surface area contributed by atoms with Gasteiger partial charge in [-0.3, -0.25) is 4.79 Å². The Kier molecular flexibility index (Phi) is 4.18. The maximum Gasteiger partial charge on any atom is 0.275 e. The molecule has 3 aromatic rings. The molecule has 3 aromatic heterocycles. The molecular weight excluding hydrogens is 332 g/mol. The molecule has 1 saturated heterocycles. The summed E-state index contributed by atoms with van der Waals surface area (Å²) < 4.78 is 6.82. The summed E-state index contributed by atoms with van der Waals surface area (Å²) in [6.07, 6.45) is 6.85. The number of likely N-dealkylation sites (tertiary alicyclic amines) is 1. The molecule has 1 aliphatic rings. The van der Waals surface area contributed by atoms with Crippen molar-refractivity contribution in [3.63, 3.8) is 0 Å². The monoisotopic (exact) mass is 352 g/mol. The summed E-state index contributed by atoms with van der Waals surface area (Å²) in [6, 6.07) is 7.34. The topological polar surface area (TPSA) is 102 Å². The lowest BCUT2D eigenvalue weighted by atomic mass is 10.2. The van der Waals surface area contributed by atoms with E-state index in [0.29, 0.717) is 18.1 Å². The van der Waals surface area contributed by atoms with Crippen LogP contribution in [0.15, 0.2) is 42.9 Å². The van der Waals surface area contributed by atoms with E-state index < -0.39 is 0 Å². The fourth-order valence-corrected chi connectivity index (χ4v) is 3.18. The predicted octanol–water partition coefficient (Wildman–Crippen LogP) is 1.79. The quantitative estimate of drug-likeness (QED) is 0.745. The molecule has 0 radical (unpaired) electrons. The minimum Gasteiger partial charge on any atom is -0.481 e. The molecule has 8 nitrogen and oxygen atoms in total. The third kappa shape index (κ3) is 2.84. The highest BCUT2D eigenvalue weighted by molar-refractivity contribution is 5.94. The second-order valence-corrected chi connectivity index (χ2v) is 6.19. The zero-order valence-electron chi connectivity index (χ0n) is 14.4. The first-order valence-corrected chi connectivity index (χ1v) is 8.47. The van der Waals surface area contributed by atoms with Crippen molar-refractivity contribution in [1.82, 2.24) is 24.6 Å². The third-order valence-corrected chi connectivity index (χ3v) is 4.56. The number of carbonyl (C=O) groups excluding carboxylic acids is 1. The Morgan fingerprint density at radius 2 is 2.27 bits per heavy atom. The van der Waals surface area contributed by atoms with Crippen molar-refractivity contribution >= 4 is 5.91 Å². The van der Waals surface area contributed by atoms with Crippen molar-refractivity contribution in [2.75, 3.05) is 13.7 Å². The van der Waals surface area contributed by atoms with Crippen LogP contribution in [0.3, 0.4) is 0 Å². The van der Waals surface area contributed by atoms with Crippen molar-refractivity contribution in [2.45, 2.75) is 19.0 Å². The second kappa shape index (κ2) is 6.64. The van der Waals surface area contributed by atoms with E-state index in [9.17, 15) is 4.79 Å². The lowest BCUT2D eigenvalue weighted by molar-refractivity contribution is 0.0734. The average Bonchev–Trinajstić information content (AvgIpc) is 3.41. The van der Waals surface area contributed by atoms with Crippen molar-refractivity contribution in [2.24, 2.45) is 5.73 Å². The van der Waals surface area contributed by atoms with Gasteiger partial charge in [-0.15, -0.1) is 0 Å². The minimum atomic E-state index is -0.244. The van der Waals surface area contributed by atoms with Gasteiger partial charge in [0, 0.05) is 30.6 Å². The van der Waals surface area contributed by atoms with Gasteiger partial charge in [0.1, 0.15) is 0 Å². The van der Waals surface area contributed by atoms with Gasteiger partial charge in [-0.25, -0.2) is 9.67 Å². The van der Waals surface area contributed by atoms with Crippen LogP contribution in [0.25, 0.3) is 16.9 Å². The number of amides is 1. The number of H-pyrrole nitrogens is 1. The molecule has 0 aliphatic carbocycles. The average molecular weight is 352 g/mol. The van der Waals surface area contributed by atoms with Gasteiger partial charge in [-0.05, 0) is 31.0 Å². The van der Waals surface area contributed by atoms with Crippen molar-refractivity contribution < 1.29 is 9.53 Å². The minimum absolute atomic E-state index is 0.146. The van der Waals surface area contributed by atoms with Crippen LogP contribution in [-0.2, 0) is 0 Å². The molecule has 0 saturated carbocycles. The number of methoxy groups -OCH3 is 1. The van der Waals surface area contributed by atoms with Crippen molar-refractivity contribution in [1.29, 1.82) is 0 Å². The zero-order chi connectivity index (χ0) is 18.1. The molecule has 4 rings (SSSR count). The van der Waals surface area contributed by atoms with Crippen LogP contribution >= 0.6 is 0 Å². The first-order valence-electron chi connectivity index (χ1n) is 8.47. The van der Waals surface area contributed by atoms with E-state index in [1.54, 1.807) is 35.0 Å². The first-order chi connectivity index (χ1) is 12.7. The fourth-order valence-electron chi connectivity index (χ4n) is 3.18. The Hall–Kier alpha value is -3.13. The smallest absolute Gasteiger partial charge is 0.275 e. The van der Waals surface area contributed by atoms with E-state index in [1.807, 2.05) is 24.5 Å². The van der Waals surface area contributed by atoms with Crippen LogP contribution in [0.1, 0.15) is 23.3 Å². The number of pyridine rings is 1. The number of carbonyl (C=O) groups is 1. The van der Waals surface area contributed by atoms with Crippen LogP contribution in [0.5, 0.6) is 5.88 Å². The molecule has 8 heteroatoms. The maximum absolute atomic E-state index is 12.9. The Balaban J connectivity index is 1.76. The number of rotatable bonds is 4. The fraction of sp³-hybridized carbons (Fsp3) is 0.278. The molecule has 0 unspecified atom stereocenters. The standard InChI is InChI=1S/C18H20N6O2/c1-26-17-5-4-13(11-21-17)24-15(12-6-7-20-10-12)9-14(22-24)18(25)23-8-2-3-16(23)19/h4-7,9-11,16,20H,2-3,8,19H2,1H3/t16-/m0/s1. The van der Waals surface area contributed by atoms with Crippen LogP contribution in [0, 0.1) is 0 Å². The number of nitrogens with one attached hydrogen (secondary N) is 1. The molecule has 1 aliphatic heterocycles. The summed E-state index contributed by atoms with van der Waals surface area (Å²) >= 11 is 0. The van der Waals surface area contributed by atoms with E-state index in [1.165, 1.54) is 0 Å². The molecule has 26 heavy (non-hydrogen) atoms. The molecule has 0 aromatic carbocycles. The van der Waals surface area contributed by atoms with Crippen LogP contribution < -0.4 is 10.5 Å². The maximum atomic E-state index is 12.9. The molecule has 0 spiro atoms. The Morgan fingerprint density at radius 3 is 2.88 bits per heavy atom. The Morgan fingerprint density at radius 1 is 1.38 bits per heavy atom. The highest BCUT2D eigenvalue weighted by atomic mass is 16.5. The number of hydrogen-bond acceptors (Lipinski definition) is 5. The van der Waals surface area contributed by atoms with Crippen molar-refractivity contribution in [3.05, 3.63) is 48.5 Å². The van der Waals surface area contributed by atoms with Crippen LogP contribution in [-0.4, -0.2) is 50.4 Å². The molecule has 1 atom stereocenters. The summed E-state index contributed by atoms with van der Waals surface area (Å²) in [5.41, 5.74) is 8.88. The highest BCUT2D eigenvalue weighted by Crippen LogP contribution is 2.26. The summed E-state index contributed by atoms with van der Waals surface area (Å²) in [5, 5.41) is 4.55. The second-order valence-electron chi connectivity index (χ2n) is 6.19. The number of nitrogens with zero attached hydrogens (tertiary/aromatic N) is 4. The summed E-state index contributed by atoms with van der Waals surface area (Å²) in [5.74, 6) is 0.371. The number of aromatic amines is 1. The Labute approximate surface area is 150 Å². The summed E-state index contributed by atoms with van der Waals surface area (Å²) in [4.78, 5) is 21.8. The van der Waals surface area contributed by atoms with E-state index in [2.05, 4.69) is 15.1 Å². The van der Waals surface area contributed by atoms with Gasteiger partial charge in [-0.1, -0.05) is 0 Å². The predicted molar refractivity (Wildman–Crippen MR) is 95.9 cm³/mol. The van der Waals surface area contributed by atoms with E-state index in [4.69, 9.17) is 10.5 Å². The van der Waals surface area contributed by atoms with Crippen LogP contribution in [0.4, 0.5) is 0 Å². The van der Waals surface area contributed by atoms with Gasteiger partial charge in [0.2, 0.25) is 5.88 Å². The van der Waals surface area contributed by atoms with Crippen LogP contribution in [0.2, 0.25) is 0 Å². The molecule has 134 valence electrons. The van der Waals surface area contributed by atoms with Gasteiger partial charge in [0.15, 0.2) is 5.69 Å². The summed E-state index contributed by atoms with van der Waals surface area (Å²) in [6.45, 7) is 0.663. The largest absolute Gasteiger partial charge is 0.481 e. The van der Waals surface area contributed by atoms with Crippen molar-refractivity contribution in [3.8, 4) is 22.8 Å². The number of hydrogen-bond donors (Lipinski definition) is 2. The molecule has 4 heterocycles. The van der Waals surface area contributed by atoms with Gasteiger partial charge >= 0.3 is 0 Å². The molecule has 0 bridgehead atoms. The lowest BCUT2D eigenvalue weighted by Gasteiger charge is -2.19. The Bertz CT molecular complexity index is 900. The number of ether oxygens (including phenoxy) is 1. The van der Waals surface area contributed by atoms with E-state index in [0.717, 1.165) is 29.8 Å². The summed E-state index contributed by atoms with van der Waals surface area (Å²) in [7, 11) is 1.57. The van der Waals surface area contributed by atoms with Gasteiger partial charge in [-0.2, -0.15) is 5.10 Å². The molecule has 3 N–H and O–H groups in total. The number of aromatic nitrogens is 4. The highest BCUT2D eigenvalue weighted by Gasteiger charge is 2.29. The molecule has 1 amide bonds.